The van der Waals surface area contributed by atoms with E-state index < -0.39 is 5.82 Å². The Hall–Kier alpha value is -7.87. The lowest BCUT2D eigenvalue weighted by Crippen LogP contribution is -2.05. The molecular weight excluding hydrogens is 712 g/mol. The quantitative estimate of drug-likeness (QED) is 0.177. The number of halogens is 1. The van der Waals surface area contributed by atoms with Gasteiger partial charge in [-0.25, -0.2) is 14.4 Å². The van der Waals surface area contributed by atoms with Gasteiger partial charge in [-0.3, -0.25) is 28.7 Å². The highest BCUT2D eigenvalue weighted by Gasteiger charge is 2.18. The van der Waals surface area contributed by atoms with Crippen LogP contribution in [0.1, 0.15) is 5.56 Å². The van der Waals surface area contributed by atoms with E-state index in [4.69, 9.17) is 15.1 Å². The van der Waals surface area contributed by atoms with Gasteiger partial charge in [-0.2, -0.15) is 10.2 Å². The van der Waals surface area contributed by atoms with E-state index in [2.05, 4.69) is 25.0 Å². The molecule has 56 heavy (non-hydrogen) atoms. The number of aryl methyl sites for hydroxylation is 1. The molecule has 0 radical (unpaired) electrons. The normalized spacial score (nSPS) is 11.7. The second-order valence-corrected chi connectivity index (χ2v) is 13.6. The van der Waals surface area contributed by atoms with Crippen molar-refractivity contribution < 1.29 is 4.39 Å². The highest BCUT2D eigenvalue weighted by molar-refractivity contribution is 5.94. The first-order chi connectivity index (χ1) is 27.2. The summed E-state index contributed by atoms with van der Waals surface area (Å²) in [6.07, 6.45) is 5.25. The average Bonchev–Trinajstić information content (AvgIpc) is 3.85. The van der Waals surface area contributed by atoms with Crippen LogP contribution in [0.3, 0.4) is 0 Å². The first kappa shape index (κ1) is 32.8. The van der Waals surface area contributed by atoms with E-state index in [1.165, 1.54) is 24.3 Å². The molecule has 2 aromatic carbocycles. The van der Waals surface area contributed by atoms with Crippen molar-refractivity contribution in [2.24, 2.45) is 7.05 Å². The van der Waals surface area contributed by atoms with Crippen molar-refractivity contribution in [3.8, 4) is 45.0 Å². The van der Waals surface area contributed by atoms with E-state index in [0.717, 1.165) is 27.5 Å². The number of pyridine rings is 6. The van der Waals surface area contributed by atoms with Gasteiger partial charge in [-0.15, -0.1) is 0 Å². The van der Waals surface area contributed by atoms with Crippen molar-refractivity contribution in [3.63, 3.8) is 0 Å². The molecule has 0 spiro atoms. The van der Waals surface area contributed by atoms with Crippen molar-refractivity contribution >= 4 is 43.9 Å². The van der Waals surface area contributed by atoms with Gasteiger partial charge < -0.3 is 15.0 Å². The van der Waals surface area contributed by atoms with Crippen LogP contribution in [0.2, 0.25) is 0 Å². The van der Waals surface area contributed by atoms with Crippen molar-refractivity contribution in [2.45, 2.75) is 6.54 Å². The van der Waals surface area contributed by atoms with Gasteiger partial charge in [-0.05, 0) is 94.9 Å². The van der Waals surface area contributed by atoms with Crippen LogP contribution in [0.15, 0.2) is 130 Å². The molecule has 0 unspecified atom stereocenters. The molecule has 8 aromatic heterocycles. The zero-order valence-electron chi connectivity index (χ0n) is 29.4. The fraction of sp³-hybridized carbons (Fsp3) is 0.0476. The van der Waals surface area contributed by atoms with Crippen LogP contribution < -0.4 is 16.7 Å². The number of rotatable bonds is 6. The fourth-order valence-corrected chi connectivity index (χ4v) is 7.11. The molecule has 0 saturated carbocycles. The Kier molecular flexibility index (Phi) is 7.38. The molecule has 14 heteroatoms. The minimum atomic E-state index is -0.494. The summed E-state index contributed by atoms with van der Waals surface area (Å²) in [5.74, 6) is -0.494. The van der Waals surface area contributed by atoms with Crippen LogP contribution in [0.25, 0.3) is 88.9 Å². The number of nitrogens with one attached hydrogen (secondary N) is 3. The van der Waals surface area contributed by atoms with Crippen molar-refractivity contribution in [1.82, 2.24) is 49.5 Å². The number of aromatic amines is 3. The number of H-pyrrole nitrogens is 3. The second kappa shape index (κ2) is 12.6. The zero-order chi connectivity index (χ0) is 38.1. The third-order valence-electron chi connectivity index (χ3n) is 9.74. The Labute approximate surface area is 313 Å². The predicted octanol–water partition coefficient (Wildman–Crippen LogP) is 6.33. The maximum absolute atomic E-state index is 15.8. The molecular formula is C42H27FN10O3. The molecule has 0 bridgehead atoms. The Balaban J connectivity index is 1.04. The van der Waals surface area contributed by atoms with E-state index in [1.807, 2.05) is 60.8 Å². The molecule has 3 N–H and O–H groups in total. The first-order valence-corrected chi connectivity index (χ1v) is 17.5. The van der Waals surface area contributed by atoms with Gasteiger partial charge in [0.25, 0.3) is 0 Å². The van der Waals surface area contributed by atoms with Gasteiger partial charge in [-0.1, -0.05) is 6.07 Å². The van der Waals surface area contributed by atoms with Gasteiger partial charge in [0.05, 0.1) is 6.54 Å². The summed E-state index contributed by atoms with van der Waals surface area (Å²) in [7, 11) is 1.80. The van der Waals surface area contributed by atoms with Crippen LogP contribution in [0.4, 0.5) is 4.39 Å². The van der Waals surface area contributed by atoms with Gasteiger partial charge >= 0.3 is 0 Å². The maximum atomic E-state index is 15.8. The molecule has 10 aromatic rings. The van der Waals surface area contributed by atoms with Crippen LogP contribution in [-0.4, -0.2) is 49.5 Å². The largest absolute Gasteiger partial charge is 0.322 e. The molecule has 8 heterocycles. The van der Waals surface area contributed by atoms with E-state index >= 15 is 4.39 Å². The number of hydrogen-bond acceptors (Lipinski definition) is 8. The van der Waals surface area contributed by atoms with E-state index in [1.54, 1.807) is 47.0 Å². The number of benzene rings is 2. The second-order valence-electron chi connectivity index (χ2n) is 13.6. The van der Waals surface area contributed by atoms with Gasteiger partial charge in [0, 0.05) is 76.6 Å². The molecule has 0 fully saturated rings. The minimum absolute atomic E-state index is 0.184. The topological polar surface area (TPSA) is 173 Å². The third-order valence-corrected chi connectivity index (χ3v) is 9.74. The van der Waals surface area contributed by atoms with Gasteiger partial charge in [0.1, 0.15) is 45.4 Å². The zero-order valence-corrected chi connectivity index (χ0v) is 29.4. The molecule has 13 nitrogen and oxygen atoms in total. The molecule has 10 rings (SSSR count). The fourth-order valence-electron chi connectivity index (χ4n) is 7.11. The van der Waals surface area contributed by atoms with E-state index in [-0.39, 0.29) is 22.2 Å². The minimum Gasteiger partial charge on any atom is -0.322 e. The summed E-state index contributed by atoms with van der Waals surface area (Å²) in [6.45, 7) is 0.321. The first-order valence-electron chi connectivity index (χ1n) is 17.5. The summed E-state index contributed by atoms with van der Waals surface area (Å²) < 4.78 is 19.2. The third kappa shape index (κ3) is 5.81. The Morgan fingerprint density at radius 1 is 0.607 bits per heavy atom. The van der Waals surface area contributed by atoms with Crippen molar-refractivity contribution in [1.29, 1.82) is 0 Å². The summed E-state index contributed by atoms with van der Waals surface area (Å²) in [5.41, 5.74) is 6.86. The SMILES string of the molecule is Cn1ccc(-c2nc3[nH]c(=O)ccc3cc2-c2cc(F)c3ncc(Cn4ccc(-c5nc6[nH]c(=O)ccc6cc5-c5ccc6[nH]c(=O)ccc6c5)n4)cc3c2)n1. The monoisotopic (exact) mass is 738 g/mol. The van der Waals surface area contributed by atoms with Gasteiger partial charge in [0.2, 0.25) is 16.7 Å². The molecule has 0 saturated heterocycles. The van der Waals surface area contributed by atoms with E-state index in [9.17, 15) is 14.4 Å². The number of nitrogens with zero attached hydrogens (tertiary/aromatic N) is 7. The summed E-state index contributed by atoms with van der Waals surface area (Å²) >= 11 is 0. The Morgan fingerprint density at radius 3 is 1.93 bits per heavy atom. The van der Waals surface area contributed by atoms with E-state index in [0.29, 0.717) is 68.0 Å². The molecule has 0 amide bonds. The smallest absolute Gasteiger partial charge is 0.249 e. The highest BCUT2D eigenvalue weighted by atomic mass is 19.1. The van der Waals surface area contributed by atoms with Crippen LogP contribution in [0, 0.1) is 5.82 Å². The van der Waals surface area contributed by atoms with Crippen molar-refractivity contribution in [3.05, 3.63) is 158 Å². The molecule has 0 aliphatic carbocycles. The molecule has 0 aliphatic rings. The van der Waals surface area contributed by atoms with Crippen LogP contribution >= 0.6 is 0 Å². The molecule has 0 aliphatic heterocycles. The van der Waals surface area contributed by atoms with Crippen LogP contribution in [-0.2, 0) is 13.6 Å². The Bertz CT molecular complexity index is 3410. The predicted molar refractivity (Wildman–Crippen MR) is 212 cm³/mol. The lowest BCUT2D eigenvalue weighted by atomic mass is 9.98. The maximum Gasteiger partial charge on any atom is 0.249 e. The molecule has 270 valence electrons. The average molecular weight is 739 g/mol. The highest BCUT2D eigenvalue weighted by Crippen LogP contribution is 2.36. The standard InChI is InChI=1S/C42H27FN10O3/c1-52-12-10-33(50-52)40-30(18-26-5-9-37(56)47-42(26)49-40)27-16-28-14-22(20-44-38(28)31(43)19-27)21-53-13-11-34(51-53)39-29(17-25-4-8-36(55)46-41(25)48-39)23-2-6-32-24(15-23)3-7-35(54)45-32/h2-20H,21H2,1H3,(H,45,54)(H,46,48,55)(H,47,49,56). The lowest BCUT2D eigenvalue weighted by Gasteiger charge is -2.12. The summed E-state index contributed by atoms with van der Waals surface area (Å²) in [5, 5.41) is 12.3. The van der Waals surface area contributed by atoms with Crippen LogP contribution in [0.5, 0.6) is 0 Å². The van der Waals surface area contributed by atoms with Gasteiger partial charge in [0.15, 0.2) is 0 Å². The Morgan fingerprint density at radius 2 is 1.23 bits per heavy atom. The number of fused-ring (bicyclic) bond motifs is 4. The molecule has 0 atom stereocenters. The number of aromatic nitrogens is 10. The summed E-state index contributed by atoms with van der Waals surface area (Å²) in [6, 6.07) is 28.0. The summed E-state index contributed by atoms with van der Waals surface area (Å²) in [4.78, 5) is 58.8. The van der Waals surface area contributed by atoms with Crippen molar-refractivity contribution in [2.75, 3.05) is 0 Å². The lowest BCUT2D eigenvalue weighted by molar-refractivity contribution is 0.636. The number of hydrogen-bond donors (Lipinski definition) is 3.